The summed E-state index contributed by atoms with van der Waals surface area (Å²) >= 11 is 0. The zero-order valence-electron chi connectivity index (χ0n) is 18.5. The first kappa shape index (κ1) is 22.5. The lowest BCUT2D eigenvalue weighted by atomic mass is 9.92. The highest BCUT2D eigenvalue weighted by atomic mass is 32.2. The van der Waals surface area contributed by atoms with E-state index in [2.05, 4.69) is 36.3 Å². The van der Waals surface area contributed by atoms with Gasteiger partial charge < -0.3 is 5.32 Å². The third-order valence-corrected chi connectivity index (χ3v) is 6.98. The minimum Gasteiger partial charge on any atom is -0.306 e. The lowest BCUT2D eigenvalue weighted by molar-refractivity contribution is -0.133. The van der Waals surface area contributed by atoms with E-state index < -0.39 is 21.8 Å². The van der Waals surface area contributed by atoms with Gasteiger partial charge in [-0.25, -0.2) is 18.1 Å². The second-order valence-electron chi connectivity index (χ2n) is 10.0. The van der Waals surface area contributed by atoms with Crippen molar-refractivity contribution in [3.05, 3.63) is 11.8 Å². The molecule has 1 N–H and O–H groups in total. The number of carbonyl (C=O) groups is 2. The molecule has 1 saturated heterocycles. The number of nitrogens with one attached hydrogen (secondary N) is 1. The number of hydrogen-bond acceptors (Lipinski definition) is 6. The fourth-order valence-electron chi connectivity index (χ4n) is 3.52. The number of hydrazone groups is 1. The van der Waals surface area contributed by atoms with Gasteiger partial charge >= 0.3 is 0 Å². The van der Waals surface area contributed by atoms with Crippen LogP contribution in [0.3, 0.4) is 0 Å². The van der Waals surface area contributed by atoms with E-state index in [0.717, 1.165) is 5.69 Å². The van der Waals surface area contributed by atoms with Gasteiger partial charge in [-0.05, 0) is 27.2 Å². The van der Waals surface area contributed by atoms with Gasteiger partial charge in [-0.3, -0.25) is 9.59 Å². The van der Waals surface area contributed by atoms with Crippen molar-refractivity contribution in [1.29, 1.82) is 0 Å². The predicted molar refractivity (Wildman–Crippen MR) is 115 cm³/mol. The fourth-order valence-corrected chi connectivity index (χ4v) is 5.22. The molecule has 3 heterocycles. The van der Waals surface area contributed by atoms with Crippen LogP contribution in [0.1, 0.15) is 66.5 Å². The Kier molecular flexibility index (Phi) is 5.59. The first-order chi connectivity index (χ1) is 13.7. The Morgan fingerprint density at radius 2 is 1.83 bits per heavy atom. The van der Waals surface area contributed by atoms with Crippen molar-refractivity contribution in [3.8, 4) is 0 Å². The normalized spacial score (nSPS) is 22.2. The van der Waals surface area contributed by atoms with Crippen LogP contribution in [0.5, 0.6) is 0 Å². The monoisotopic (exact) mass is 437 g/mol. The third kappa shape index (κ3) is 4.74. The van der Waals surface area contributed by atoms with E-state index in [1.165, 1.54) is 5.01 Å². The largest absolute Gasteiger partial charge is 0.306 e. The second-order valence-corrected chi connectivity index (χ2v) is 12.3. The molecule has 1 atom stereocenters. The van der Waals surface area contributed by atoms with Crippen LogP contribution in [0.15, 0.2) is 11.2 Å². The van der Waals surface area contributed by atoms with Crippen LogP contribution in [-0.4, -0.2) is 58.3 Å². The standard InChI is InChI=1S/C20H31N5O4S/c1-19(2,3)15-11-16(25(23-15)20(4,5)6)21-18(27)14-7-8-17(26)24(22-14)13-9-10-30(28,29)12-13/h11,13H,7-10,12H2,1-6H3,(H,21,27). The van der Waals surface area contributed by atoms with Crippen molar-refractivity contribution in [1.82, 2.24) is 14.8 Å². The average Bonchev–Trinajstić information content (AvgIpc) is 3.18. The van der Waals surface area contributed by atoms with E-state index in [-0.39, 0.29) is 46.9 Å². The molecular weight excluding hydrogens is 406 g/mol. The van der Waals surface area contributed by atoms with E-state index in [1.54, 1.807) is 4.68 Å². The summed E-state index contributed by atoms with van der Waals surface area (Å²) in [5, 5.41) is 13.0. The van der Waals surface area contributed by atoms with Crippen molar-refractivity contribution < 1.29 is 18.0 Å². The number of carbonyl (C=O) groups excluding carboxylic acids is 2. The number of amides is 2. The molecule has 2 amide bonds. The molecule has 0 bridgehead atoms. The summed E-state index contributed by atoms with van der Waals surface area (Å²) in [4.78, 5) is 25.3. The highest BCUT2D eigenvalue weighted by molar-refractivity contribution is 7.91. The van der Waals surface area contributed by atoms with Crippen molar-refractivity contribution >= 4 is 33.2 Å². The summed E-state index contributed by atoms with van der Waals surface area (Å²) < 4.78 is 25.4. The van der Waals surface area contributed by atoms with Gasteiger partial charge in [0, 0.05) is 24.3 Å². The molecule has 2 aliphatic rings. The smallest absolute Gasteiger partial charge is 0.273 e. The van der Waals surface area contributed by atoms with Crippen LogP contribution in [-0.2, 0) is 30.4 Å². The molecule has 10 heteroatoms. The van der Waals surface area contributed by atoms with Gasteiger partial charge in [0.25, 0.3) is 5.91 Å². The zero-order chi connectivity index (χ0) is 22.5. The Labute approximate surface area is 177 Å². The van der Waals surface area contributed by atoms with Crippen LogP contribution in [0, 0.1) is 0 Å². The number of sulfone groups is 1. The van der Waals surface area contributed by atoms with Crippen LogP contribution >= 0.6 is 0 Å². The van der Waals surface area contributed by atoms with Gasteiger partial charge in [0.15, 0.2) is 9.84 Å². The van der Waals surface area contributed by atoms with E-state index in [4.69, 9.17) is 0 Å². The zero-order valence-corrected chi connectivity index (χ0v) is 19.3. The second kappa shape index (κ2) is 7.47. The van der Waals surface area contributed by atoms with E-state index in [0.29, 0.717) is 12.2 Å². The highest BCUT2D eigenvalue weighted by Gasteiger charge is 2.37. The van der Waals surface area contributed by atoms with Crippen LogP contribution in [0.4, 0.5) is 5.82 Å². The summed E-state index contributed by atoms with van der Waals surface area (Å²) in [5.41, 5.74) is 0.542. The Morgan fingerprint density at radius 1 is 1.17 bits per heavy atom. The summed E-state index contributed by atoms with van der Waals surface area (Å²) in [7, 11) is -3.16. The van der Waals surface area contributed by atoms with E-state index in [1.807, 2.05) is 26.8 Å². The lowest BCUT2D eigenvalue weighted by Crippen LogP contribution is -2.42. The molecule has 1 unspecified atom stereocenters. The van der Waals surface area contributed by atoms with Gasteiger partial charge in [0.05, 0.1) is 28.8 Å². The number of hydrogen-bond donors (Lipinski definition) is 1. The number of rotatable bonds is 3. The molecule has 3 rings (SSSR count). The molecular formula is C20H31N5O4S. The molecule has 166 valence electrons. The van der Waals surface area contributed by atoms with Gasteiger partial charge in [-0.2, -0.15) is 10.2 Å². The Bertz CT molecular complexity index is 995. The summed E-state index contributed by atoms with van der Waals surface area (Å²) in [6, 6.07) is 1.36. The molecule has 1 fully saturated rings. The van der Waals surface area contributed by atoms with Crippen molar-refractivity contribution in [2.45, 2.75) is 77.8 Å². The Balaban J connectivity index is 1.86. The number of anilines is 1. The summed E-state index contributed by atoms with van der Waals surface area (Å²) in [5.74, 6) is -0.156. The van der Waals surface area contributed by atoms with Gasteiger partial charge in [0.1, 0.15) is 11.5 Å². The summed E-state index contributed by atoms with van der Waals surface area (Å²) in [6.07, 6.45) is 0.698. The van der Waals surface area contributed by atoms with Gasteiger partial charge in [-0.1, -0.05) is 20.8 Å². The van der Waals surface area contributed by atoms with Crippen molar-refractivity contribution in [2.24, 2.45) is 5.10 Å². The van der Waals surface area contributed by atoms with E-state index >= 15 is 0 Å². The molecule has 0 aromatic carbocycles. The SMILES string of the molecule is CC(C)(C)c1cc(NC(=O)C2=NN(C3CCS(=O)(=O)C3)C(=O)CC2)n(C(C)(C)C)n1. The molecule has 0 spiro atoms. The molecule has 1 aromatic rings. The number of aromatic nitrogens is 2. The molecule has 9 nitrogen and oxygen atoms in total. The Hall–Kier alpha value is -2.23. The maximum Gasteiger partial charge on any atom is 0.273 e. The summed E-state index contributed by atoms with van der Waals surface area (Å²) in [6.45, 7) is 12.2. The van der Waals surface area contributed by atoms with Crippen LogP contribution in [0.2, 0.25) is 0 Å². The fraction of sp³-hybridized carbons (Fsp3) is 0.700. The van der Waals surface area contributed by atoms with Gasteiger partial charge in [0.2, 0.25) is 5.91 Å². The molecule has 1 aromatic heterocycles. The molecule has 30 heavy (non-hydrogen) atoms. The number of nitrogens with zero attached hydrogens (tertiary/aromatic N) is 4. The molecule has 0 saturated carbocycles. The first-order valence-corrected chi connectivity index (χ1v) is 12.0. The minimum absolute atomic E-state index is 0.0405. The average molecular weight is 438 g/mol. The van der Waals surface area contributed by atoms with Crippen molar-refractivity contribution in [2.75, 3.05) is 16.8 Å². The van der Waals surface area contributed by atoms with Crippen LogP contribution in [0.25, 0.3) is 0 Å². The van der Waals surface area contributed by atoms with Crippen molar-refractivity contribution in [3.63, 3.8) is 0 Å². The van der Waals surface area contributed by atoms with E-state index in [9.17, 15) is 18.0 Å². The highest BCUT2D eigenvalue weighted by Crippen LogP contribution is 2.28. The molecule has 2 aliphatic heterocycles. The first-order valence-electron chi connectivity index (χ1n) is 10.2. The van der Waals surface area contributed by atoms with Crippen LogP contribution < -0.4 is 5.32 Å². The maximum atomic E-state index is 13.0. The molecule has 0 radical (unpaired) electrons. The Morgan fingerprint density at radius 3 is 2.37 bits per heavy atom. The lowest BCUT2D eigenvalue weighted by Gasteiger charge is -2.28. The quantitative estimate of drug-likeness (QED) is 0.777. The predicted octanol–water partition coefficient (Wildman–Crippen LogP) is 2.04. The topological polar surface area (TPSA) is 114 Å². The molecule has 0 aliphatic carbocycles. The third-order valence-electron chi connectivity index (χ3n) is 5.23. The maximum absolute atomic E-state index is 13.0. The minimum atomic E-state index is -3.16. The van der Waals surface area contributed by atoms with Gasteiger partial charge in [-0.15, -0.1) is 0 Å².